The molecular formula is C35H29Cl2FN2O6. The van der Waals surface area contributed by atoms with Gasteiger partial charge >= 0.3 is 0 Å². The van der Waals surface area contributed by atoms with Crippen molar-refractivity contribution in [1.82, 2.24) is 0 Å². The Labute approximate surface area is 274 Å². The first-order valence-electron chi connectivity index (χ1n) is 14.9. The molecule has 8 nitrogen and oxygen atoms in total. The number of aryl methyl sites for hydroxylation is 1. The number of hydrogen-bond donors (Lipinski definition) is 1. The molecule has 0 radical (unpaired) electrons. The summed E-state index contributed by atoms with van der Waals surface area (Å²) < 4.78 is 19.6. The lowest BCUT2D eigenvalue weighted by Crippen LogP contribution is -2.48. The first-order chi connectivity index (χ1) is 21.9. The van der Waals surface area contributed by atoms with E-state index in [0.717, 1.165) is 16.5 Å². The van der Waals surface area contributed by atoms with E-state index >= 15 is 0 Å². The van der Waals surface area contributed by atoms with Crippen molar-refractivity contribution in [2.24, 2.45) is 29.1 Å². The van der Waals surface area contributed by atoms with E-state index < -0.39 is 58.5 Å². The molecule has 7 rings (SSSR count). The molecule has 3 aromatic rings. The molecule has 4 aliphatic rings. The van der Waals surface area contributed by atoms with Crippen LogP contribution >= 0.6 is 23.2 Å². The molecule has 11 heteroatoms. The normalized spacial score (nSPS) is 28.7. The van der Waals surface area contributed by atoms with Gasteiger partial charge in [-0.25, -0.2) is 14.2 Å². The number of anilines is 2. The maximum absolute atomic E-state index is 14.5. The van der Waals surface area contributed by atoms with Gasteiger partial charge < -0.3 is 9.84 Å². The number of phenolic OH excluding ortho intramolecular Hbond substituents is 1. The van der Waals surface area contributed by atoms with Crippen LogP contribution in [0.3, 0.4) is 0 Å². The van der Waals surface area contributed by atoms with Gasteiger partial charge in [-0.05, 0) is 86.7 Å². The maximum Gasteiger partial charge on any atom is 0.241 e. The van der Waals surface area contributed by atoms with E-state index in [-0.39, 0.29) is 35.2 Å². The van der Waals surface area contributed by atoms with Gasteiger partial charge in [0.2, 0.25) is 23.6 Å². The molecule has 0 spiro atoms. The summed E-state index contributed by atoms with van der Waals surface area (Å²) in [7, 11) is 1.48. The number of imide groups is 2. The molecule has 2 heterocycles. The molecule has 46 heavy (non-hydrogen) atoms. The van der Waals surface area contributed by atoms with Gasteiger partial charge in [0.25, 0.3) is 0 Å². The highest BCUT2D eigenvalue weighted by atomic mass is 35.5. The zero-order chi connectivity index (χ0) is 32.8. The molecule has 2 aliphatic heterocycles. The molecule has 3 fully saturated rings. The van der Waals surface area contributed by atoms with Crippen LogP contribution in [-0.2, 0) is 19.2 Å². The number of nitrogens with zero attached hydrogens (tertiary/aromatic N) is 2. The number of aromatic hydroxyl groups is 1. The Balaban J connectivity index is 1.38. The summed E-state index contributed by atoms with van der Waals surface area (Å²) in [5, 5.41) is 11.4. The van der Waals surface area contributed by atoms with E-state index in [1.807, 2.05) is 13.0 Å². The van der Waals surface area contributed by atoms with Crippen LogP contribution in [0, 0.1) is 41.8 Å². The van der Waals surface area contributed by atoms with Crippen LogP contribution in [0.1, 0.15) is 36.8 Å². The summed E-state index contributed by atoms with van der Waals surface area (Å²) in [4.78, 5) is 59.1. The van der Waals surface area contributed by atoms with Crippen LogP contribution in [-0.4, -0.2) is 35.8 Å². The van der Waals surface area contributed by atoms with Crippen LogP contribution in [0.5, 0.6) is 11.5 Å². The topological polar surface area (TPSA) is 104 Å². The number of ether oxygens (including phenoxy) is 1. The SMILES string of the molecule is COc1ccc(O)c(C2C3=CCC4C(=O)N(c5ccc(C)c(Cl)c5)C(=O)C4C3CC3C(=O)N(c4ccc(F)c(Cl)c4)C(=O)C32C)c1. The van der Waals surface area contributed by atoms with Crippen molar-refractivity contribution in [3.05, 3.63) is 93.2 Å². The third kappa shape index (κ3) is 4.17. The molecule has 236 valence electrons. The van der Waals surface area contributed by atoms with Crippen molar-refractivity contribution in [2.75, 3.05) is 16.9 Å². The van der Waals surface area contributed by atoms with Crippen LogP contribution < -0.4 is 14.5 Å². The first-order valence-corrected chi connectivity index (χ1v) is 15.7. The van der Waals surface area contributed by atoms with Crippen molar-refractivity contribution in [1.29, 1.82) is 0 Å². The smallest absolute Gasteiger partial charge is 0.241 e. The molecule has 6 atom stereocenters. The Kier molecular flexibility index (Phi) is 7.06. The minimum atomic E-state index is -1.41. The van der Waals surface area contributed by atoms with Gasteiger partial charge in [-0.15, -0.1) is 0 Å². The minimum Gasteiger partial charge on any atom is -0.508 e. The van der Waals surface area contributed by atoms with E-state index in [0.29, 0.717) is 27.6 Å². The summed E-state index contributed by atoms with van der Waals surface area (Å²) >= 11 is 12.4. The Morgan fingerprint density at radius 2 is 1.59 bits per heavy atom. The molecule has 0 aromatic heterocycles. The molecule has 1 saturated carbocycles. The monoisotopic (exact) mass is 662 g/mol. The van der Waals surface area contributed by atoms with Gasteiger partial charge in [0.05, 0.1) is 46.7 Å². The number of hydrogen-bond acceptors (Lipinski definition) is 6. The van der Waals surface area contributed by atoms with E-state index in [4.69, 9.17) is 27.9 Å². The number of methoxy groups -OCH3 is 1. The summed E-state index contributed by atoms with van der Waals surface area (Å²) in [6.07, 6.45) is 2.24. The number of rotatable bonds is 4. The van der Waals surface area contributed by atoms with Crippen LogP contribution in [0.15, 0.2) is 66.2 Å². The highest BCUT2D eigenvalue weighted by Gasteiger charge is 2.68. The number of fused-ring (bicyclic) bond motifs is 4. The standard InChI is InChI=1S/C35H29Cl2FN2O6/c1-16-4-5-17(12-25(16)36)39-31(42)21-9-8-20-22(29(21)33(39)44)15-24-32(43)40(18-6-10-27(38)26(37)13-18)34(45)35(24,2)30(20)23-14-19(46-3)7-11-28(23)41/h4-8,10-14,21-22,24,29-30,41H,9,15H2,1-3H3. The Morgan fingerprint density at radius 1 is 0.891 bits per heavy atom. The summed E-state index contributed by atoms with van der Waals surface area (Å²) in [5.74, 6) is -6.05. The number of carbonyl (C=O) groups excluding carboxylic acids is 4. The van der Waals surface area contributed by atoms with E-state index in [9.17, 15) is 28.7 Å². The van der Waals surface area contributed by atoms with Gasteiger partial charge in [-0.1, -0.05) is 40.9 Å². The van der Waals surface area contributed by atoms with E-state index in [1.165, 1.54) is 30.2 Å². The quantitative estimate of drug-likeness (QED) is 0.250. The predicted molar refractivity (Wildman–Crippen MR) is 169 cm³/mol. The minimum absolute atomic E-state index is 0.109. The summed E-state index contributed by atoms with van der Waals surface area (Å²) in [6.45, 7) is 3.52. The number of amides is 4. The zero-order valence-corrected chi connectivity index (χ0v) is 26.6. The predicted octanol–water partition coefficient (Wildman–Crippen LogP) is 6.59. The molecule has 3 aromatic carbocycles. The third-order valence-corrected chi connectivity index (χ3v) is 11.1. The van der Waals surface area contributed by atoms with Crippen LogP contribution in [0.25, 0.3) is 0 Å². The summed E-state index contributed by atoms with van der Waals surface area (Å²) in [6, 6.07) is 13.4. The molecule has 1 N–H and O–H groups in total. The van der Waals surface area contributed by atoms with Crippen LogP contribution in [0.2, 0.25) is 10.0 Å². The van der Waals surface area contributed by atoms with Gasteiger partial charge in [0.1, 0.15) is 17.3 Å². The second-order valence-electron chi connectivity index (χ2n) is 12.6. The largest absolute Gasteiger partial charge is 0.508 e. The number of phenols is 1. The number of allylic oxidation sites excluding steroid dienone is 2. The van der Waals surface area contributed by atoms with Gasteiger partial charge in [0.15, 0.2) is 0 Å². The van der Waals surface area contributed by atoms with E-state index in [2.05, 4.69) is 0 Å². The molecule has 4 amide bonds. The second-order valence-corrected chi connectivity index (χ2v) is 13.4. The van der Waals surface area contributed by atoms with Crippen molar-refractivity contribution < 1.29 is 33.4 Å². The van der Waals surface area contributed by atoms with Gasteiger partial charge in [0, 0.05) is 16.5 Å². The third-order valence-electron chi connectivity index (χ3n) is 10.4. The lowest BCUT2D eigenvalue weighted by atomic mass is 9.51. The van der Waals surface area contributed by atoms with E-state index in [1.54, 1.807) is 37.3 Å². The fourth-order valence-electron chi connectivity index (χ4n) is 8.10. The first kappa shape index (κ1) is 30.4. The lowest BCUT2D eigenvalue weighted by Gasteiger charge is -2.49. The van der Waals surface area contributed by atoms with Gasteiger partial charge in [-0.2, -0.15) is 0 Å². The zero-order valence-electron chi connectivity index (χ0n) is 25.1. The average Bonchev–Trinajstić information content (AvgIpc) is 3.40. The number of carbonyl (C=O) groups is 4. The molecule has 2 saturated heterocycles. The van der Waals surface area contributed by atoms with Crippen LogP contribution in [0.4, 0.5) is 15.8 Å². The lowest BCUT2D eigenvalue weighted by molar-refractivity contribution is -0.131. The molecule has 6 unspecified atom stereocenters. The molecule has 0 bridgehead atoms. The molecule has 2 aliphatic carbocycles. The number of halogens is 3. The highest BCUT2D eigenvalue weighted by molar-refractivity contribution is 6.32. The Bertz CT molecular complexity index is 1910. The van der Waals surface area contributed by atoms with Crippen molar-refractivity contribution >= 4 is 58.2 Å². The number of benzene rings is 3. The second kappa shape index (κ2) is 10.7. The molecular weight excluding hydrogens is 634 g/mol. The highest BCUT2D eigenvalue weighted by Crippen LogP contribution is 2.64. The fraction of sp³-hybridized carbons (Fsp3) is 0.314. The Hall–Kier alpha value is -4.21. The fourth-order valence-corrected chi connectivity index (χ4v) is 8.45. The van der Waals surface area contributed by atoms with Gasteiger partial charge in [-0.3, -0.25) is 19.2 Å². The Morgan fingerprint density at radius 3 is 2.28 bits per heavy atom. The maximum atomic E-state index is 14.5. The van der Waals surface area contributed by atoms with Crippen molar-refractivity contribution in [3.8, 4) is 11.5 Å². The average molecular weight is 664 g/mol. The summed E-state index contributed by atoms with van der Waals surface area (Å²) in [5.41, 5.74) is 0.946. The van der Waals surface area contributed by atoms with Crippen molar-refractivity contribution in [2.45, 2.75) is 32.6 Å². The van der Waals surface area contributed by atoms with Crippen molar-refractivity contribution in [3.63, 3.8) is 0 Å².